The van der Waals surface area contributed by atoms with Gasteiger partial charge in [-0.1, -0.05) is 33.8 Å². The summed E-state index contributed by atoms with van der Waals surface area (Å²) in [6.45, 7) is 4.19. The van der Waals surface area contributed by atoms with E-state index in [1.165, 1.54) is 12.0 Å². The summed E-state index contributed by atoms with van der Waals surface area (Å²) in [7, 11) is 1.25. The fourth-order valence-corrected chi connectivity index (χ4v) is 4.77. The molecule has 0 bridgehead atoms. The van der Waals surface area contributed by atoms with Crippen LogP contribution in [0.3, 0.4) is 0 Å². The smallest absolute Gasteiger partial charge is 0.354 e. The number of hydrogen-bond donors (Lipinski definition) is 2. The van der Waals surface area contributed by atoms with Crippen molar-refractivity contribution in [3.05, 3.63) is 81.1 Å². The van der Waals surface area contributed by atoms with Gasteiger partial charge in [0.25, 0.3) is 5.91 Å². The highest BCUT2D eigenvalue weighted by atomic mass is 79.9. The Morgan fingerprint density at radius 2 is 1.94 bits per heavy atom. The summed E-state index contributed by atoms with van der Waals surface area (Å²) in [4.78, 5) is 45.8. The highest BCUT2D eigenvalue weighted by Crippen LogP contribution is 2.40. The molecule has 2 N–H and O–H groups in total. The van der Waals surface area contributed by atoms with Gasteiger partial charge in [-0.3, -0.25) is 14.6 Å². The first kappa shape index (κ1) is 24.5. The van der Waals surface area contributed by atoms with Gasteiger partial charge in [-0.05, 0) is 42.7 Å². The molecule has 1 aliphatic heterocycles. The fourth-order valence-electron chi connectivity index (χ4n) is 4.51. The molecular weight excluding hydrogens is 516 g/mol. The second-order valence-corrected chi connectivity index (χ2v) is 9.26. The molecule has 0 radical (unpaired) electrons. The number of halogens is 1. The van der Waals surface area contributed by atoms with Crippen molar-refractivity contribution in [1.82, 2.24) is 14.9 Å². The maximum atomic E-state index is 13.8. The number of rotatable bonds is 7. The summed E-state index contributed by atoms with van der Waals surface area (Å²) in [5.74, 6) is -2.71. The number of ketones is 1. The van der Waals surface area contributed by atoms with E-state index in [0.717, 1.165) is 4.47 Å². The number of H-pyrrole nitrogens is 2. The zero-order valence-electron chi connectivity index (χ0n) is 19.6. The van der Waals surface area contributed by atoms with Gasteiger partial charge in [-0.25, -0.2) is 9.36 Å². The van der Waals surface area contributed by atoms with Crippen LogP contribution < -0.4 is 9.67 Å². The van der Waals surface area contributed by atoms with Crippen LogP contribution in [0.5, 0.6) is 0 Å². The maximum absolute atomic E-state index is 13.8. The molecule has 3 aromatic rings. The lowest BCUT2D eigenvalue weighted by atomic mass is 9.94. The Bertz CT molecular complexity index is 1310. The number of hydrogen-bond acceptors (Lipinski definition) is 5. The summed E-state index contributed by atoms with van der Waals surface area (Å²) in [5.41, 5.74) is 1.69. The molecule has 35 heavy (non-hydrogen) atoms. The maximum Gasteiger partial charge on any atom is 0.354 e. The molecule has 0 saturated carbocycles. The van der Waals surface area contributed by atoms with Crippen LogP contribution in [0.2, 0.25) is 0 Å². The summed E-state index contributed by atoms with van der Waals surface area (Å²) in [6.07, 6.45) is 6.07. The third-order valence-electron chi connectivity index (χ3n) is 6.19. The standard InChI is InChI=1S/C25H25BrN4O5/c1-14-18(15(2)28-20(14)25(34)35-3)22(31)19-21(16-5-7-17(26)8-6-16)30(24(33)23(19)32)11-4-10-29-12-9-27-13-29/h5-9,12-13,21H,4,10-11H2,1-3H3,(H2,28,31,32,34). The van der Waals surface area contributed by atoms with Crippen LogP contribution in [0.4, 0.5) is 0 Å². The lowest BCUT2D eigenvalue weighted by molar-refractivity contribution is -0.695. The Hall–Kier alpha value is -3.66. The van der Waals surface area contributed by atoms with E-state index >= 15 is 0 Å². The van der Waals surface area contributed by atoms with Crippen molar-refractivity contribution in [2.24, 2.45) is 0 Å². The van der Waals surface area contributed by atoms with Crippen molar-refractivity contribution >= 4 is 39.3 Å². The molecule has 1 aliphatic rings. The zero-order valence-corrected chi connectivity index (χ0v) is 21.1. The number of imidazole rings is 1. The first-order valence-corrected chi connectivity index (χ1v) is 11.9. The van der Waals surface area contributed by atoms with Gasteiger partial charge in [0.2, 0.25) is 12.1 Å². The van der Waals surface area contributed by atoms with E-state index in [9.17, 15) is 19.5 Å². The van der Waals surface area contributed by atoms with Gasteiger partial charge < -0.3 is 19.7 Å². The molecule has 1 amide bonds. The number of aromatic amines is 2. The minimum Gasteiger partial charge on any atom is -0.872 e. The molecular formula is C25H25BrN4O5. The van der Waals surface area contributed by atoms with Crippen molar-refractivity contribution in [1.29, 1.82) is 0 Å². The average Bonchev–Trinajstić information content (AvgIpc) is 3.52. The number of amides is 1. The number of carbonyl (C=O) groups excluding carboxylic acids is 3. The number of aryl methyl sites for hydroxylation is 2. The molecule has 9 nitrogen and oxygen atoms in total. The summed E-state index contributed by atoms with van der Waals surface area (Å²) >= 11 is 3.40. The highest BCUT2D eigenvalue weighted by molar-refractivity contribution is 9.10. The molecule has 2 aromatic heterocycles. The molecule has 10 heteroatoms. The van der Waals surface area contributed by atoms with Crippen molar-refractivity contribution in [3.8, 4) is 0 Å². The molecule has 0 spiro atoms. The van der Waals surface area contributed by atoms with E-state index in [1.807, 2.05) is 10.8 Å². The van der Waals surface area contributed by atoms with Crippen LogP contribution in [-0.4, -0.2) is 46.2 Å². The predicted molar refractivity (Wildman–Crippen MR) is 128 cm³/mol. The molecule has 3 heterocycles. The molecule has 1 aromatic carbocycles. The Balaban J connectivity index is 1.79. The van der Waals surface area contributed by atoms with E-state index in [4.69, 9.17) is 4.74 Å². The number of methoxy groups -OCH3 is 1. The van der Waals surface area contributed by atoms with Gasteiger partial charge in [0, 0.05) is 28.7 Å². The number of benzene rings is 1. The van der Waals surface area contributed by atoms with E-state index in [0.29, 0.717) is 36.3 Å². The van der Waals surface area contributed by atoms with Gasteiger partial charge >= 0.3 is 5.97 Å². The number of Topliss-reactive ketones (excluding diaryl/α,β-unsaturated/α-hetero) is 1. The number of nitrogens with zero attached hydrogens (tertiary/aromatic N) is 2. The number of esters is 1. The Morgan fingerprint density at radius 3 is 2.57 bits per heavy atom. The van der Waals surface area contributed by atoms with Gasteiger partial charge in [-0.2, -0.15) is 0 Å². The third kappa shape index (κ3) is 4.53. The van der Waals surface area contributed by atoms with Gasteiger partial charge in [-0.15, -0.1) is 0 Å². The molecule has 182 valence electrons. The minimum absolute atomic E-state index is 0.117. The summed E-state index contributed by atoms with van der Waals surface area (Å²) in [6, 6.07) is 6.36. The lowest BCUT2D eigenvalue weighted by Gasteiger charge is -2.27. The number of aromatic nitrogens is 3. The number of likely N-dealkylation sites (tertiary alicyclic amines) is 1. The molecule has 1 fully saturated rings. The predicted octanol–water partition coefficient (Wildman–Crippen LogP) is 2.11. The van der Waals surface area contributed by atoms with Gasteiger partial charge in [0.15, 0.2) is 0 Å². The molecule has 4 rings (SSSR count). The van der Waals surface area contributed by atoms with Crippen LogP contribution in [0, 0.1) is 13.8 Å². The van der Waals surface area contributed by atoms with Crippen LogP contribution in [-0.2, 0) is 20.9 Å². The SMILES string of the molecule is COC(=O)c1[nH]c(C)c(C([O-])=C2C(=O)C(=O)N(CCC[n+]3cc[nH]c3)C2c2ccc(Br)cc2)c1C. The topological polar surface area (TPSA) is 122 Å². The quantitative estimate of drug-likeness (QED) is 0.156. The highest BCUT2D eigenvalue weighted by Gasteiger charge is 2.44. The Labute approximate surface area is 210 Å². The second kappa shape index (κ2) is 9.91. The molecule has 1 saturated heterocycles. The van der Waals surface area contributed by atoms with Crippen LogP contribution in [0.15, 0.2) is 53.0 Å². The van der Waals surface area contributed by atoms with E-state index in [2.05, 4.69) is 25.9 Å². The number of nitrogens with one attached hydrogen (secondary N) is 2. The lowest BCUT2D eigenvalue weighted by Crippen LogP contribution is -2.36. The van der Waals surface area contributed by atoms with E-state index < -0.39 is 29.5 Å². The fraction of sp³-hybridized carbons (Fsp3) is 0.280. The average molecular weight is 541 g/mol. The first-order chi connectivity index (χ1) is 16.7. The van der Waals surface area contributed by atoms with Gasteiger partial charge in [0.1, 0.15) is 18.1 Å². The number of carbonyl (C=O) groups is 3. The van der Waals surface area contributed by atoms with Crippen molar-refractivity contribution < 1.29 is 28.8 Å². The molecule has 1 atom stereocenters. The summed E-state index contributed by atoms with van der Waals surface area (Å²) < 4.78 is 7.57. The Kier molecular flexibility index (Phi) is 6.93. The Morgan fingerprint density at radius 1 is 1.23 bits per heavy atom. The largest absolute Gasteiger partial charge is 0.872 e. The van der Waals surface area contributed by atoms with Crippen LogP contribution in [0.25, 0.3) is 5.76 Å². The molecule has 0 aliphatic carbocycles. The van der Waals surface area contributed by atoms with Crippen molar-refractivity contribution in [2.45, 2.75) is 32.9 Å². The summed E-state index contributed by atoms with van der Waals surface area (Å²) in [5, 5.41) is 13.8. The zero-order chi connectivity index (χ0) is 25.3. The third-order valence-corrected chi connectivity index (χ3v) is 6.72. The van der Waals surface area contributed by atoms with E-state index in [1.54, 1.807) is 50.6 Å². The van der Waals surface area contributed by atoms with E-state index in [-0.39, 0.29) is 16.8 Å². The van der Waals surface area contributed by atoms with Crippen molar-refractivity contribution in [2.75, 3.05) is 13.7 Å². The van der Waals surface area contributed by atoms with Crippen LogP contribution >= 0.6 is 15.9 Å². The second-order valence-electron chi connectivity index (χ2n) is 8.34. The molecule has 1 unspecified atom stereocenters. The monoisotopic (exact) mass is 540 g/mol. The normalized spacial score (nSPS) is 17.3. The van der Waals surface area contributed by atoms with Crippen LogP contribution in [0.1, 0.15) is 45.3 Å². The van der Waals surface area contributed by atoms with Crippen molar-refractivity contribution in [3.63, 3.8) is 0 Å². The first-order valence-electron chi connectivity index (χ1n) is 11.1. The van der Waals surface area contributed by atoms with Gasteiger partial charge in [0.05, 0.1) is 19.7 Å². The minimum atomic E-state index is -0.831. The number of ether oxygens (including phenoxy) is 1.